The summed E-state index contributed by atoms with van der Waals surface area (Å²) in [5.41, 5.74) is 6.59. The third kappa shape index (κ3) is 4.92. The van der Waals surface area contributed by atoms with Crippen LogP contribution in [0.5, 0.6) is 0 Å². The molecule has 0 spiro atoms. The predicted molar refractivity (Wildman–Crippen MR) is 82.5 cm³/mol. The Kier molecular flexibility index (Phi) is 6.33. The topological polar surface area (TPSA) is 117 Å². The first-order valence-corrected chi connectivity index (χ1v) is 7.92. The van der Waals surface area contributed by atoms with E-state index in [1.165, 1.54) is 0 Å². The van der Waals surface area contributed by atoms with Gasteiger partial charge in [-0.2, -0.15) is 15.4 Å². The molecular formula is C14H24N6O3. The maximum Gasteiger partial charge on any atom is 0.409 e. The molecule has 2 rings (SSSR count). The number of hydrogen-bond acceptors (Lipinski definition) is 6. The number of aromatic nitrogens is 3. The van der Waals surface area contributed by atoms with Crippen molar-refractivity contribution in [1.29, 1.82) is 0 Å². The average Bonchev–Trinajstić information content (AvgIpc) is 3.07. The van der Waals surface area contributed by atoms with E-state index in [2.05, 4.69) is 15.4 Å². The number of aromatic amines is 1. The van der Waals surface area contributed by atoms with Crippen LogP contribution in [0.4, 0.5) is 4.79 Å². The number of nitrogens with two attached hydrogens (primary N) is 1. The minimum absolute atomic E-state index is 0.132. The Morgan fingerprint density at radius 3 is 2.65 bits per heavy atom. The molecule has 0 saturated carbocycles. The van der Waals surface area contributed by atoms with Crippen LogP contribution in [0.1, 0.15) is 25.5 Å². The zero-order valence-corrected chi connectivity index (χ0v) is 13.4. The summed E-state index contributed by atoms with van der Waals surface area (Å²) >= 11 is 0. The molecule has 1 aromatic rings. The van der Waals surface area contributed by atoms with E-state index >= 15 is 0 Å². The first-order chi connectivity index (χ1) is 11.1. The van der Waals surface area contributed by atoms with Crippen molar-refractivity contribution in [3.05, 3.63) is 11.9 Å². The fourth-order valence-electron chi connectivity index (χ4n) is 2.38. The van der Waals surface area contributed by atoms with Gasteiger partial charge in [0.1, 0.15) is 0 Å². The summed E-state index contributed by atoms with van der Waals surface area (Å²) in [5, 5.41) is 10.1. The summed E-state index contributed by atoms with van der Waals surface area (Å²) in [7, 11) is 0. The van der Waals surface area contributed by atoms with Gasteiger partial charge in [0, 0.05) is 32.6 Å². The Hall–Kier alpha value is -2.16. The zero-order chi connectivity index (χ0) is 16.7. The molecule has 9 nitrogen and oxygen atoms in total. The molecule has 0 aliphatic carbocycles. The summed E-state index contributed by atoms with van der Waals surface area (Å²) in [5.74, 6) is -0.132. The average molecular weight is 324 g/mol. The molecule has 0 radical (unpaired) electrons. The third-order valence-corrected chi connectivity index (χ3v) is 3.78. The van der Waals surface area contributed by atoms with E-state index in [-0.39, 0.29) is 12.0 Å². The molecule has 1 aliphatic heterocycles. The van der Waals surface area contributed by atoms with Gasteiger partial charge in [0.25, 0.3) is 0 Å². The second-order valence-corrected chi connectivity index (χ2v) is 5.55. The number of unbranched alkanes of at least 4 members (excludes halogenated alkanes) is 1. The predicted octanol–water partition coefficient (Wildman–Crippen LogP) is -0.245. The standard InChI is InChI=1S/C14H24N6O3/c1-2-3-8-23-14(22)20-6-4-19(5-7-20)13(21)12(15)9-11-10-16-18-17-11/h10,12H,2-9,15H2,1H3,(H,16,17,18)/t12-/m0/s1. The number of nitrogens with zero attached hydrogens (tertiary/aromatic N) is 4. The van der Waals surface area contributed by atoms with Crippen LogP contribution in [0.15, 0.2) is 6.20 Å². The number of amides is 2. The molecule has 2 heterocycles. The van der Waals surface area contributed by atoms with Crippen LogP contribution in [-0.4, -0.2) is 76.0 Å². The first kappa shape index (κ1) is 17.2. The van der Waals surface area contributed by atoms with E-state index in [0.29, 0.717) is 44.9 Å². The molecule has 1 atom stereocenters. The number of nitrogens with one attached hydrogen (secondary N) is 1. The van der Waals surface area contributed by atoms with Crippen LogP contribution in [0, 0.1) is 0 Å². The van der Waals surface area contributed by atoms with E-state index in [4.69, 9.17) is 10.5 Å². The molecule has 23 heavy (non-hydrogen) atoms. The Labute approximate surface area is 135 Å². The molecule has 1 saturated heterocycles. The minimum atomic E-state index is -0.650. The Morgan fingerprint density at radius 2 is 2.04 bits per heavy atom. The quantitative estimate of drug-likeness (QED) is 0.697. The van der Waals surface area contributed by atoms with Crippen molar-refractivity contribution in [3.63, 3.8) is 0 Å². The highest BCUT2D eigenvalue weighted by atomic mass is 16.6. The number of hydrogen-bond donors (Lipinski definition) is 2. The summed E-state index contributed by atoms with van der Waals surface area (Å²) in [6, 6.07) is -0.650. The van der Waals surface area contributed by atoms with Gasteiger partial charge >= 0.3 is 6.09 Å². The van der Waals surface area contributed by atoms with Gasteiger partial charge < -0.3 is 20.3 Å². The van der Waals surface area contributed by atoms with E-state index < -0.39 is 6.04 Å². The second kappa shape index (κ2) is 8.47. The second-order valence-electron chi connectivity index (χ2n) is 5.55. The number of ether oxygens (including phenoxy) is 1. The van der Waals surface area contributed by atoms with Crippen molar-refractivity contribution in [2.24, 2.45) is 5.73 Å². The lowest BCUT2D eigenvalue weighted by atomic mass is 10.1. The Morgan fingerprint density at radius 1 is 1.35 bits per heavy atom. The summed E-state index contributed by atoms with van der Waals surface area (Å²) in [6.45, 7) is 4.35. The fraction of sp³-hybridized carbons (Fsp3) is 0.714. The molecule has 3 N–H and O–H groups in total. The largest absolute Gasteiger partial charge is 0.449 e. The van der Waals surface area contributed by atoms with Crippen LogP contribution in [0.25, 0.3) is 0 Å². The highest BCUT2D eigenvalue weighted by molar-refractivity contribution is 5.82. The third-order valence-electron chi connectivity index (χ3n) is 3.78. The lowest BCUT2D eigenvalue weighted by Gasteiger charge is -2.35. The first-order valence-electron chi connectivity index (χ1n) is 7.92. The molecule has 0 unspecified atom stereocenters. The van der Waals surface area contributed by atoms with E-state index in [1.54, 1.807) is 16.0 Å². The van der Waals surface area contributed by atoms with Gasteiger partial charge in [0.05, 0.1) is 24.5 Å². The molecule has 0 bridgehead atoms. The molecule has 2 amide bonds. The van der Waals surface area contributed by atoms with Gasteiger partial charge in [-0.1, -0.05) is 13.3 Å². The molecule has 128 valence electrons. The summed E-state index contributed by atoms with van der Waals surface area (Å²) < 4.78 is 5.18. The van der Waals surface area contributed by atoms with Crippen molar-refractivity contribution in [1.82, 2.24) is 25.2 Å². The molecule has 1 fully saturated rings. The van der Waals surface area contributed by atoms with Crippen LogP contribution in [0.3, 0.4) is 0 Å². The van der Waals surface area contributed by atoms with E-state index in [9.17, 15) is 9.59 Å². The molecular weight excluding hydrogens is 300 g/mol. The van der Waals surface area contributed by atoms with Gasteiger partial charge in [-0.3, -0.25) is 4.79 Å². The van der Waals surface area contributed by atoms with E-state index in [0.717, 1.165) is 12.8 Å². The maximum atomic E-state index is 12.3. The van der Waals surface area contributed by atoms with Gasteiger partial charge in [-0.25, -0.2) is 4.79 Å². The monoisotopic (exact) mass is 324 g/mol. The fourth-order valence-corrected chi connectivity index (χ4v) is 2.38. The maximum absolute atomic E-state index is 12.3. The molecule has 1 aliphatic rings. The van der Waals surface area contributed by atoms with Gasteiger partial charge in [0.2, 0.25) is 5.91 Å². The lowest BCUT2D eigenvalue weighted by molar-refractivity contribution is -0.134. The van der Waals surface area contributed by atoms with E-state index in [1.807, 2.05) is 6.92 Å². The molecule has 0 aromatic carbocycles. The Balaban J connectivity index is 1.74. The number of piperazine rings is 1. The zero-order valence-electron chi connectivity index (χ0n) is 13.4. The lowest BCUT2D eigenvalue weighted by Crippen LogP contribution is -2.54. The smallest absolute Gasteiger partial charge is 0.409 e. The highest BCUT2D eigenvalue weighted by Gasteiger charge is 2.28. The number of carbonyl (C=O) groups is 2. The van der Waals surface area contributed by atoms with Crippen molar-refractivity contribution in [2.75, 3.05) is 32.8 Å². The van der Waals surface area contributed by atoms with Crippen LogP contribution >= 0.6 is 0 Å². The SMILES string of the molecule is CCCCOC(=O)N1CCN(C(=O)[C@@H](N)Cc2cn[nH]n2)CC1. The molecule has 9 heteroatoms. The Bertz CT molecular complexity index is 499. The van der Waals surface area contributed by atoms with Crippen molar-refractivity contribution in [2.45, 2.75) is 32.2 Å². The van der Waals surface area contributed by atoms with Crippen LogP contribution < -0.4 is 5.73 Å². The highest BCUT2D eigenvalue weighted by Crippen LogP contribution is 2.07. The summed E-state index contributed by atoms with van der Waals surface area (Å²) in [6.07, 6.45) is 3.43. The van der Waals surface area contributed by atoms with Crippen LogP contribution in [0.2, 0.25) is 0 Å². The number of rotatable bonds is 6. The molecule has 1 aromatic heterocycles. The van der Waals surface area contributed by atoms with Crippen molar-refractivity contribution >= 4 is 12.0 Å². The van der Waals surface area contributed by atoms with Crippen molar-refractivity contribution in [3.8, 4) is 0 Å². The van der Waals surface area contributed by atoms with Gasteiger partial charge in [0.15, 0.2) is 0 Å². The normalized spacial score (nSPS) is 16.3. The summed E-state index contributed by atoms with van der Waals surface area (Å²) in [4.78, 5) is 27.5. The van der Waals surface area contributed by atoms with Gasteiger partial charge in [-0.15, -0.1) is 0 Å². The minimum Gasteiger partial charge on any atom is -0.449 e. The van der Waals surface area contributed by atoms with Crippen LogP contribution in [-0.2, 0) is 16.0 Å². The number of carbonyl (C=O) groups excluding carboxylic acids is 2. The number of H-pyrrole nitrogens is 1. The van der Waals surface area contributed by atoms with Gasteiger partial charge in [-0.05, 0) is 6.42 Å². The van der Waals surface area contributed by atoms with Crippen molar-refractivity contribution < 1.29 is 14.3 Å².